The van der Waals surface area contributed by atoms with E-state index in [0.29, 0.717) is 17.8 Å². The van der Waals surface area contributed by atoms with E-state index in [2.05, 4.69) is 26.7 Å². The van der Waals surface area contributed by atoms with Crippen LogP contribution in [0.15, 0.2) is 18.3 Å². The van der Waals surface area contributed by atoms with Crippen LogP contribution in [-0.2, 0) is 0 Å². The Morgan fingerprint density at radius 1 is 1.36 bits per heavy atom. The Morgan fingerprint density at radius 2 is 2.14 bits per heavy atom. The average Bonchev–Trinajstić information content (AvgIpc) is 2.45. The lowest BCUT2D eigenvalue weighted by Crippen LogP contribution is -2.44. The Morgan fingerprint density at radius 3 is 2.77 bits per heavy atom. The number of hydrogen-bond acceptors (Lipinski definition) is 6. The van der Waals surface area contributed by atoms with Crippen molar-refractivity contribution in [2.75, 3.05) is 10.6 Å². The number of pyridine rings is 2. The summed E-state index contributed by atoms with van der Waals surface area (Å²) in [5.41, 5.74) is 6.20. The monoisotopic (exact) mass is 296 g/mol. The molecule has 1 saturated carbocycles. The molecule has 0 unspecified atom stereocenters. The van der Waals surface area contributed by atoms with Gasteiger partial charge in [-0.15, -0.1) is 0 Å². The first kappa shape index (κ1) is 14.5. The fourth-order valence-electron chi connectivity index (χ4n) is 2.65. The summed E-state index contributed by atoms with van der Waals surface area (Å²) in [7, 11) is 0. The molecule has 22 heavy (non-hydrogen) atoms. The van der Waals surface area contributed by atoms with Crippen LogP contribution in [0, 0.1) is 11.3 Å². The Bertz CT molecular complexity index is 727. The lowest BCUT2D eigenvalue weighted by molar-refractivity contribution is 0.373. The molecule has 3 rings (SSSR count). The zero-order valence-electron chi connectivity index (χ0n) is 12.8. The molecule has 2 aromatic rings. The van der Waals surface area contributed by atoms with Gasteiger partial charge in [-0.05, 0) is 38.8 Å². The molecule has 2 heterocycles. The summed E-state index contributed by atoms with van der Waals surface area (Å²) < 4.78 is 0. The summed E-state index contributed by atoms with van der Waals surface area (Å²) in [6.07, 6.45) is 3.73. The molecule has 1 fully saturated rings. The van der Waals surface area contributed by atoms with Gasteiger partial charge in [-0.1, -0.05) is 0 Å². The quantitative estimate of drug-likeness (QED) is 0.800. The van der Waals surface area contributed by atoms with Crippen LogP contribution in [0.2, 0.25) is 0 Å². The third kappa shape index (κ3) is 2.95. The van der Waals surface area contributed by atoms with Crippen LogP contribution in [0.1, 0.15) is 32.4 Å². The predicted octanol–water partition coefficient (Wildman–Crippen LogP) is 2.22. The van der Waals surface area contributed by atoms with E-state index in [4.69, 9.17) is 11.0 Å². The SMILES string of the molecule is CC(C)Nc1nc(C#N)cc2cnc(N[C@H]3C[C@H](N)C3)cc12. The zero-order valence-corrected chi connectivity index (χ0v) is 12.8. The first-order valence-corrected chi connectivity index (χ1v) is 7.54. The summed E-state index contributed by atoms with van der Waals surface area (Å²) >= 11 is 0. The molecule has 0 radical (unpaired) electrons. The molecule has 4 N–H and O–H groups in total. The van der Waals surface area contributed by atoms with Crippen LogP contribution in [-0.4, -0.2) is 28.1 Å². The molecule has 0 atom stereocenters. The van der Waals surface area contributed by atoms with Gasteiger partial charge in [-0.25, -0.2) is 9.97 Å². The van der Waals surface area contributed by atoms with Crippen molar-refractivity contribution < 1.29 is 0 Å². The summed E-state index contributed by atoms with van der Waals surface area (Å²) in [6, 6.07) is 6.77. The highest BCUT2D eigenvalue weighted by Gasteiger charge is 2.25. The molecular formula is C16H20N6. The van der Waals surface area contributed by atoms with E-state index in [9.17, 15) is 0 Å². The fourth-order valence-corrected chi connectivity index (χ4v) is 2.65. The second-order valence-corrected chi connectivity index (χ2v) is 6.13. The maximum Gasteiger partial charge on any atom is 0.143 e. The number of rotatable bonds is 4. The minimum absolute atomic E-state index is 0.235. The lowest BCUT2D eigenvalue weighted by Gasteiger charge is -2.33. The van der Waals surface area contributed by atoms with Crippen LogP contribution in [0.3, 0.4) is 0 Å². The van der Waals surface area contributed by atoms with E-state index in [1.54, 1.807) is 12.3 Å². The Balaban J connectivity index is 1.96. The molecule has 0 aromatic carbocycles. The Kier molecular flexibility index (Phi) is 3.82. The van der Waals surface area contributed by atoms with Gasteiger partial charge in [-0.2, -0.15) is 5.26 Å². The normalized spacial score (nSPS) is 20.5. The van der Waals surface area contributed by atoms with Gasteiger partial charge in [0.25, 0.3) is 0 Å². The molecule has 0 saturated heterocycles. The van der Waals surface area contributed by atoms with Crippen molar-refractivity contribution >= 4 is 22.4 Å². The van der Waals surface area contributed by atoms with Gasteiger partial charge in [0.05, 0.1) is 0 Å². The van der Waals surface area contributed by atoms with Crippen molar-refractivity contribution in [1.29, 1.82) is 5.26 Å². The van der Waals surface area contributed by atoms with Crippen LogP contribution < -0.4 is 16.4 Å². The molecule has 1 aliphatic rings. The molecule has 0 bridgehead atoms. The first-order valence-electron chi connectivity index (χ1n) is 7.54. The van der Waals surface area contributed by atoms with Gasteiger partial charge >= 0.3 is 0 Å². The van der Waals surface area contributed by atoms with E-state index < -0.39 is 0 Å². The number of hydrogen-bond donors (Lipinski definition) is 3. The number of fused-ring (bicyclic) bond motifs is 1. The molecule has 6 heteroatoms. The number of nitrogens with one attached hydrogen (secondary N) is 2. The number of anilines is 2. The van der Waals surface area contributed by atoms with Crippen LogP contribution in [0.5, 0.6) is 0 Å². The molecule has 1 aliphatic carbocycles. The van der Waals surface area contributed by atoms with Crippen molar-refractivity contribution in [2.24, 2.45) is 5.73 Å². The third-order valence-corrected chi connectivity index (χ3v) is 3.78. The van der Waals surface area contributed by atoms with Crippen molar-refractivity contribution in [3.63, 3.8) is 0 Å². The summed E-state index contributed by atoms with van der Waals surface area (Å²) in [5, 5.41) is 17.7. The molecule has 0 spiro atoms. The first-order chi connectivity index (χ1) is 10.5. The number of nitrogens with zero attached hydrogens (tertiary/aromatic N) is 3. The number of aromatic nitrogens is 2. The van der Waals surface area contributed by atoms with E-state index in [1.165, 1.54) is 0 Å². The number of nitriles is 1. The van der Waals surface area contributed by atoms with E-state index in [-0.39, 0.29) is 6.04 Å². The summed E-state index contributed by atoms with van der Waals surface area (Å²) in [4.78, 5) is 8.81. The van der Waals surface area contributed by atoms with E-state index in [0.717, 1.165) is 35.2 Å². The van der Waals surface area contributed by atoms with Crippen molar-refractivity contribution in [3.8, 4) is 6.07 Å². The third-order valence-electron chi connectivity index (χ3n) is 3.78. The minimum Gasteiger partial charge on any atom is -0.367 e. The Hall–Kier alpha value is -2.39. The van der Waals surface area contributed by atoms with Gasteiger partial charge in [0.15, 0.2) is 0 Å². The van der Waals surface area contributed by atoms with Crippen LogP contribution >= 0.6 is 0 Å². The van der Waals surface area contributed by atoms with Gasteiger partial charge in [0.2, 0.25) is 0 Å². The standard InChI is InChI=1S/C16H20N6/c1-9(2)20-16-14-6-15(21-12-4-11(18)5-12)19-8-10(14)3-13(7-17)22-16/h3,6,8-9,11-12H,4-5,18H2,1-2H3,(H,19,21)(H,20,22)/t11-,12-. The second-order valence-electron chi connectivity index (χ2n) is 6.13. The Labute approximate surface area is 129 Å². The van der Waals surface area contributed by atoms with Crippen molar-refractivity contribution in [3.05, 3.63) is 24.0 Å². The predicted molar refractivity (Wildman–Crippen MR) is 87.6 cm³/mol. The largest absolute Gasteiger partial charge is 0.367 e. The molecule has 2 aromatic heterocycles. The average molecular weight is 296 g/mol. The maximum absolute atomic E-state index is 9.11. The van der Waals surface area contributed by atoms with Gasteiger partial charge in [0.1, 0.15) is 23.4 Å². The fraction of sp³-hybridized carbons (Fsp3) is 0.438. The highest BCUT2D eigenvalue weighted by Crippen LogP contribution is 2.27. The zero-order chi connectivity index (χ0) is 15.7. The molecular weight excluding hydrogens is 276 g/mol. The molecule has 0 aliphatic heterocycles. The molecule has 6 nitrogen and oxygen atoms in total. The lowest BCUT2D eigenvalue weighted by atomic mass is 9.88. The highest BCUT2D eigenvalue weighted by molar-refractivity contribution is 5.93. The van der Waals surface area contributed by atoms with Crippen LogP contribution in [0.4, 0.5) is 11.6 Å². The second kappa shape index (κ2) is 5.78. The van der Waals surface area contributed by atoms with Crippen molar-refractivity contribution in [1.82, 2.24) is 9.97 Å². The number of nitrogens with two attached hydrogens (primary N) is 1. The highest BCUT2D eigenvalue weighted by atomic mass is 15.0. The van der Waals surface area contributed by atoms with Gasteiger partial charge in [-0.3, -0.25) is 0 Å². The smallest absolute Gasteiger partial charge is 0.143 e. The topological polar surface area (TPSA) is 99.6 Å². The van der Waals surface area contributed by atoms with Crippen molar-refractivity contribution in [2.45, 2.75) is 44.8 Å². The van der Waals surface area contributed by atoms with E-state index >= 15 is 0 Å². The summed E-state index contributed by atoms with van der Waals surface area (Å²) in [6.45, 7) is 4.09. The minimum atomic E-state index is 0.235. The van der Waals surface area contributed by atoms with E-state index in [1.807, 2.05) is 19.9 Å². The summed E-state index contributed by atoms with van der Waals surface area (Å²) in [5.74, 6) is 1.54. The van der Waals surface area contributed by atoms with Gasteiger partial charge < -0.3 is 16.4 Å². The molecule has 0 amide bonds. The van der Waals surface area contributed by atoms with Crippen LogP contribution in [0.25, 0.3) is 10.8 Å². The molecule has 114 valence electrons. The van der Waals surface area contributed by atoms with Gasteiger partial charge in [0, 0.05) is 35.1 Å². The maximum atomic E-state index is 9.11.